The topological polar surface area (TPSA) is 116 Å². The third-order valence-corrected chi connectivity index (χ3v) is 8.33. The highest BCUT2D eigenvalue weighted by molar-refractivity contribution is 6.03. The highest BCUT2D eigenvalue weighted by Crippen LogP contribution is 2.45. The summed E-state index contributed by atoms with van der Waals surface area (Å²) in [5.41, 5.74) is 3.56. The number of nitrogens with one attached hydrogen (secondary N) is 2. The second kappa shape index (κ2) is 11.4. The average Bonchev–Trinajstić information content (AvgIpc) is 3.36. The number of aromatic nitrogens is 2. The van der Waals surface area contributed by atoms with Gasteiger partial charge in [-0.1, -0.05) is 54.6 Å². The van der Waals surface area contributed by atoms with Gasteiger partial charge in [0.05, 0.1) is 12.6 Å². The first-order chi connectivity index (χ1) is 20.0. The van der Waals surface area contributed by atoms with Gasteiger partial charge in [-0.15, -0.1) is 0 Å². The van der Waals surface area contributed by atoms with Crippen LogP contribution >= 0.6 is 0 Å². The number of rotatable bonds is 9. The summed E-state index contributed by atoms with van der Waals surface area (Å²) in [4.78, 5) is 25.7. The molecule has 0 bridgehead atoms. The number of carboxylic acid groups (broad SMARTS) is 1. The fourth-order valence-electron chi connectivity index (χ4n) is 5.84. The largest absolute Gasteiger partial charge is 0.480 e. The molecule has 1 saturated heterocycles. The molecule has 6 rings (SSSR count). The molecule has 214 valence electrons. The van der Waals surface area contributed by atoms with Gasteiger partial charge in [-0.25, -0.2) is 4.79 Å². The summed E-state index contributed by atoms with van der Waals surface area (Å²) < 4.78 is 12.2. The number of hydrogen-bond donors (Lipinski definition) is 3. The van der Waals surface area contributed by atoms with Crippen molar-refractivity contribution in [2.75, 3.05) is 58.7 Å². The molecule has 10 nitrogen and oxygen atoms in total. The van der Waals surface area contributed by atoms with Crippen LogP contribution in [0.15, 0.2) is 59.0 Å². The number of anilines is 1. The summed E-state index contributed by atoms with van der Waals surface area (Å²) in [6.45, 7) is 5.87. The Morgan fingerprint density at radius 1 is 1.02 bits per heavy atom. The zero-order valence-corrected chi connectivity index (χ0v) is 23.5. The standard InChI is InChI=1S/C31H36N6O4/c1-36-17-19-37(20-18-36)16-15-32-29-33-27(40-2)25-24(21-7-4-3-5-8-21)26(41-28(25)34-29)22-9-11-23(12-10-22)31(13-6-14-31)35-30(38)39/h3-5,7-12,35H,6,13-20H2,1-2H3,(H,38,39)(H,32,33,34). The molecule has 0 radical (unpaired) electrons. The van der Waals surface area contributed by atoms with Crippen molar-refractivity contribution in [2.45, 2.75) is 24.8 Å². The van der Waals surface area contributed by atoms with Crippen LogP contribution in [0.3, 0.4) is 0 Å². The first kappa shape index (κ1) is 27.0. The molecule has 1 aliphatic carbocycles. The number of ether oxygens (including phenoxy) is 1. The summed E-state index contributed by atoms with van der Waals surface area (Å²) in [6.07, 6.45) is 1.57. The molecule has 3 heterocycles. The number of fused-ring (bicyclic) bond motifs is 1. The Kier molecular flexibility index (Phi) is 7.51. The summed E-state index contributed by atoms with van der Waals surface area (Å²) in [6, 6.07) is 18.0. The van der Waals surface area contributed by atoms with Crippen molar-refractivity contribution in [1.82, 2.24) is 25.1 Å². The molecule has 0 unspecified atom stereocenters. The Hall–Kier alpha value is -4.15. The maximum Gasteiger partial charge on any atom is 0.405 e. The molecule has 1 saturated carbocycles. The smallest absolute Gasteiger partial charge is 0.405 e. The van der Waals surface area contributed by atoms with Crippen LogP contribution in [0.5, 0.6) is 5.88 Å². The quantitative estimate of drug-likeness (QED) is 0.265. The maximum absolute atomic E-state index is 11.5. The molecule has 10 heteroatoms. The maximum atomic E-state index is 11.5. The average molecular weight is 557 g/mol. The van der Waals surface area contributed by atoms with Crippen molar-refractivity contribution >= 4 is 23.1 Å². The molecule has 41 heavy (non-hydrogen) atoms. The van der Waals surface area contributed by atoms with Gasteiger partial charge in [0.1, 0.15) is 11.1 Å². The predicted octanol–water partition coefficient (Wildman–Crippen LogP) is 4.87. The van der Waals surface area contributed by atoms with Crippen molar-refractivity contribution in [3.8, 4) is 28.3 Å². The second-order valence-corrected chi connectivity index (χ2v) is 10.9. The number of piperazine rings is 1. The minimum Gasteiger partial charge on any atom is -0.480 e. The number of amides is 1. The molecule has 0 spiro atoms. The van der Waals surface area contributed by atoms with E-state index < -0.39 is 11.6 Å². The van der Waals surface area contributed by atoms with E-state index in [1.807, 2.05) is 54.6 Å². The van der Waals surface area contributed by atoms with Crippen molar-refractivity contribution in [3.05, 3.63) is 60.2 Å². The Balaban J connectivity index is 1.34. The summed E-state index contributed by atoms with van der Waals surface area (Å²) in [5, 5.41) is 16.2. The summed E-state index contributed by atoms with van der Waals surface area (Å²) in [7, 11) is 3.77. The highest BCUT2D eigenvalue weighted by atomic mass is 16.5. The third-order valence-electron chi connectivity index (χ3n) is 8.33. The van der Waals surface area contributed by atoms with Gasteiger partial charge in [-0.05, 0) is 37.4 Å². The summed E-state index contributed by atoms with van der Waals surface area (Å²) in [5.74, 6) is 1.57. The second-order valence-electron chi connectivity index (χ2n) is 10.9. The van der Waals surface area contributed by atoms with E-state index in [2.05, 4.69) is 27.5 Å². The normalized spacial score (nSPS) is 17.2. The van der Waals surface area contributed by atoms with Crippen LogP contribution in [0.1, 0.15) is 24.8 Å². The van der Waals surface area contributed by atoms with Crippen molar-refractivity contribution in [3.63, 3.8) is 0 Å². The molecule has 3 N–H and O–H groups in total. The van der Waals surface area contributed by atoms with E-state index in [-0.39, 0.29) is 0 Å². The lowest BCUT2D eigenvalue weighted by Crippen LogP contribution is -2.50. The minimum absolute atomic E-state index is 0.444. The molecule has 2 aromatic carbocycles. The lowest BCUT2D eigenvalue weighted by atomic mass is 9.72. The Morgan fingerprint density at radius 3 is 2.39 bits per heavy atom. The van der Waals surface area contributed by atoms with Crippen LogP contribution in [-0.2, 0) is 5.54 Å². The number of furan rings is 1. The van der Waals surface area contributed by atoms with E-state index in [1.54, 1.807) is 7.11 Å². The van der Waals surface area contributed by atoms with Gasteiger partial charge in [0, 0.05) is 50.4 Å². The van der Waals surface area contributed by atoms with Crippen LogP contribution < -0.4 is 15.4 Å². The van der Waals surface area contributed by atoms with E-state index in [9.17, 15) is 9.90 Å². The molecule has 0 atom stereocenters. The van der Waals surface area contributed by atoms with Crippen LogP contribution in [0, 0.1) is 0 Å². The first-order valence-corrected chi connectivity index (χ1v) is 14.2. The van der Waals surface area contributed by atoms with Crippen molar-refractivity contribution < 1.29 is 19.1 Å². The Morgan fingerprint density at radius 2 is 1.76 bits per heavy atom. The molecule has 2 aromatic heterocycles. The summed E-state index contributed by atoms with van der Waals surface area (Å²) >= 11 is 0. The van der Waals surface area contributed by atoms with Gasteiger partial charge < -0.3 is 29.8 Å². The van der Waals surface area contributed by atoms with Crippen LogP contribution in [0.4, 0.5) is 10.7 Å². The van der Waals surface area contributed by atoms with Gasteiger partial charge in [-0.3, -0.25) is 4.90 Å². The van der Waals surface area contributed by atoms with E-state index in [1.165, 1.54) is 0 Å². The number of likely N-dealkylation sites (N-methyl/N-ethyl adjacent to an activating group) is 1. The van der Waals surface area contributed by atoms with E-state index in [4.69, 9.17) is 19.1 Å². The van der Waals surface area contributed by atoms with Crippen LogP contribution in [0.2, 0.25) is 0 Å². The number of benzene rings is 2. The predicted molar refractivity (Wildman–Crippen MR) is 158 cm³/mol. The molecular weight excluding hydrogens is 520 g/mol. The van der Waals surface area contributed by atoms with Crippen LogP contribution in [-0.4, -0.2) is 84.4 Å². The van der Waals surface area contributed by atoms with Gasteiger partial charge in [0.2, 0.25) is 17.5 Å². The minimum atomic E-state index is -1.00. The first-order valence-electron chi connectivity index (χ1n) is 14.2. The lowest BCUT2D eigenvalue weighted by molar-refractivity contribution is 0.144. The fraction of sp³-hybridized carbons (Fsp3) is 0.387. The third kappa shape index (κ3) is 5.45. The molecule has 2 fully saturated rings. The molecule has 2 aliphatic rings. The fourth-order valence-corrected chi connectivity index (χ4v) is 5.84. The molecular formula is C31H36N6O4. The zero-order valence-electron chi connectivity index (χ0n) is 23.5. The van der Waals surface area contributed by atoms with Gasteiger partial charge >= 0.3 is 6.09 Å². The lowest BCUT2D eigenvalue weighted by Gasteiger charge is -2.42. The number of nitrogens with zero attached hydrogens (tertiary/aromatic N) is 4. The van der Waals surface area contributed by atoms with Gasteiger partial charge in [0.15, 0.2) is 0 Å². The number of methoxy groups -OCH3 is 1. The Bertz CT molecular complexity index is 1510. The van der Waals surface area contributed by atoms with E-state index in [0.29, 0.717) is 35.2 Å². The number of hydrogen-bond acceptors (Lipinski definition) is 8. The van der Waals surface area contributed by atoms with Crippen molar-refractivity contribution in [2.24, 2.45) is 0 Å². The van der Waals surface area contributed by atoms with Gasteiger partial charge in [-0.2, -0.15) is 9.97 Å². The highest BCUT2D eigenvalue weighted by Gasteiger charge is 2.40. The monoisotopic (exact) mass is 556 g/mol. The van der Waals surface area contributed by atoms with Crippen molar-refractivity contribution in [1.29, 1.82) is 0 Å². The van der Waals surface area contributed by atoms with E-state index in [0.717, 1.165) is 74.2 Å². The Labute approximate surface area is 239 Å². The van der Waals surface area contributed by atoms with Crippen LogP contribution in [0.25, 0.3) is 33.6 Å². The molecule has 4 aromatic rings. The molecule has 1 aliphatic heterocycles. The number of carbonyl (C=O) groups is 1. The SMILES string of the molecule is COc1nc(NCCN2CCN(C)CC2)nc2oc(-c3ccc(C4(NC(=O)O)CCC4)cc3)c(-c3ccccc3)c12. The van der Waals surface area contributed by atoms with Gasteiger partial charge in [0.25, 0.3) is 0 Å². The molecule has 1 amide bonds. The van der Waals surface area contributed by atoms with E-state index >= 15 is 0 Å². The zero-order chi connectivity index (χ0) is 28.4.